The Morgan fingerprint density at radius 1 is 1.12 bits per heavy atom. The second-order valence-corrected chi connectivity index (χ2v) is 7.27. The molecule has 3 atom stereocenters. The molecule has 142 valence electrons. The average Bonchev–Trinajstić information content (AvgIpc) is 3.27. The number of esters is 1. The SMILES string of the molecule is COc1ccc(CNC(=O)COC(=O)C[C@H]2C[C@H]3CC[C@H]2C3)cc1OC. The van der Waals surface area contributed by atoms with Gasteiger partial charge in [-0.2, -0.15) is 0 Å². The lowest BCUT2D eigenvalue weighted by Gasteiger charge is -2.20. The van der Waals surface area contributed by atoms with E-state index in [1.165, 1.54) is 19.3 Å². The Hall–Kier alpha value is -2.24. The molecule has 0 radical (unpaired) electrons. The van der Waals surface area contributed by atoms with Crippen molar-refractivity contribution < 1.29 is 23.8 Å². The van der Waals surface area contributed by atoms with Gasteiger partial charge in [-0.15, -0.1) is 0 Å². The van der Waals surface area contributed by atoms with E-state index in [4.69, 9.17) is 14.2 Å². The minimum absolute atomic E-state index is 0.229. The molecule has 0 aromatic heterocycles. The first kappa shape index (κ1) is 18.5. The van der Waals surface area contributed by atoms with Gasteiger partial charge in [-0.05, 0) is 54.7 Å². The lowest BCUT2D eigenvalue weighted by atomic mass is 9.86. The summed E-state index contributed by atoms with van der Waals surface area (Å²) in [5, 5.41) is 2.75. The molecule has 2 fully saturated rings. The molecule has 1 amide bonds. The summed E-state index contributed by atoms with van der Waals surface area (Å²) >= 11 is 0. The molecule has 0 spiro atoms. The van der Waals surface area contributed by atoms with Gasteiger partial charge in [-0.1, -0.05) is 12.5 Å². The van der Waals surface area contributed by atoms with Crippen LogP contribution in [0.3, 0.4) is 0 Å². The van der Waals surface area contributed by atoms with Gasteiger partial charge in [-0.25, -0.2) is 0 Å². The Kier molecular flexibility index (Phi) is 6.01. The minimum atomic E-state index is -0.305. The molecule has 0 aliphatic heterocycles. The molecular formula is C20H27NO5. The van der Waals surface area contributed by atoms with Gasteiger partial charge in [0.1, 0.15) is 0 Å². The van der Waals surface area contributed by atoms with Crippen LogP contribution in [-0.4, -0.2) is 32.7 Å². The zero-order valence-electron chi connectivity index (χ0n) is 15.5. The number of rotatable bonds is 8. The molecule has 1 N–H and O–H groups in total. The quantitative estimate of drug-likeness (QED) is 0.721. The van der Waals surface area contributed by atoms with Crippen molar-refractivity contribution in [1.29, 1.82) is 0 Å². The molecule has 26 heavy (non-hydrogen) atoms. The van der Waals surface area contributed by atoms with E-state index < -0.39 is 0 Å². The summed E-state index contributed by atoms with van der Waals surface area (Å²) in [6.45, 7) is 0.107. The summed E-state index contributed by atoms with van der Waals surface area (Å²) in [6.07, 6.45) is 5.42. The van der Waals surface area contributed by atoms with Gasteiger partial charge in [0.05, 0.1) is 14.2 Å². The number of fused-ring (bicyclic) bond motifs is 2. The van der Waals surface area contributed by atoms with E-state index in [-0.39, 0.29) is 18.5 Å². The number of hydrogen-bond acceptors (Lipinski definition) is 5. The highest BCUT2D eigenvalue weighted by molar-refractivity contribution is 5.80. The van der Waals surface area contributed by atoms with Crippen molar-refractivity contribution in [2.75, 3.05) is 20.8 Å². The summed E-state index contributed by atoms with van der Waals surface area (Å²) in [6, 6.07) is 5.44. The van der Waals surface area contributed by atoms with Gasteiger partial charge in [0, 0.05) is 13.0 Å². The molecule has 1 aromatic carbocycles. The summed E-state index contributed by atoms with van der Waals surface area (Å²) in [4.78, 5) is 23.9. The molecule has 2 bridgehead atoms. The van der Waals surface area contributed by atoms with Crippen molar-refractivity contribution in [3.8, 4) is 11.5 Å². The molecule has 0 heterocycles. The molecule has 0 unspecified atom stereocenters. The fourth-order valence-electron chi connectivity index (χ4n) is 4.29. The molecule has 2 aliphatic carbocycles. The molecule has 1 aromatic rings. The molecule has 2 saturated carbocycles. The highest BCUT2D eigenvalue weighted by Gasteiger charge is 2.40. The summed E-state index contributed by atoms with van der Waals surface area (Å²) < 4.78 is 15.6. The van der Waals surface area contributed by atoms with Crippen molar-refractivity contribution in [3.63, 3.8) is 0 Å². The van der Waals surface area contributed by atoms with Crippen molar-refractivity contribution >= 4 is 11.9 Å². The van der Waals surface area contributed by atoms with Crippen LogP contribution >= 0.6 is 0 Å². The molecule has 6 nitrogen and oxygen atoms in total. The van der Waals surface area contributed by atoms with Crippen LogP contribution in [0.1, 0.15) is 37.7 Å². The van der Waals surface area contributed by atoms with E-state index >= 15 is 0 Å². The third-order valence-electron chi connectivity index (χ3n) is 5.62. The van der Waals surface area contributed by atoms with E-state index in [1.54, 1.807) is 26.4 Å². The highest BCUT2D eigenvalue weighted by Crippen LogP contribution is 2.49. The van der Waals surface area contributed by atoms with Crippen LogP contribution in [-0.2, 0) is 20.9 Å². The number of carbonyl (C=O) groups is 2. The predicted molar refractivity (Wildman–Crippen MR) is 95.9 cm³/mol. The fraction of sp³-hybridized carbons (Fsp3) is 0.600. The van der Waals surface area contributed by atoms with Crippen molar-refractivity contribution in [3.05, 3.63) is 23.8 Å². The first-order valence-corrected chi connectivity index (χ1v) is 9.22. The Morgan fingerprint density at radius 2 is 1.92 bits per heavy atom. The molecule has 6 heteroatoms. The maximum atomic E-state index is 12.0. The van der Waals surface area contributed by atoms with Crippen LogP contribution in [0.15, 0.2) is 18.2 Å². The van der Waals surface area contributed by atoms with Crippen molar-refractivity contribution in [1.82, 2.24) is 5.32 Å². The van der Waals surface area contributed by atoms with E-state index in [9.17, 15) is 9.59 Å². The van der Waals surface area contributed by atoms with Crippen molar-refractivity contribution in [2.24, 2.45) is 17.8 Å². The Labute approximate surface area is 154 Å². The normalized spacial score (nSPS) is 23.5. The van der Waals surface area contributed by atoms with Crippen LogP contribution < -0.4 is 14.8 Å². The zero-order valence-corrected chi connectivity index (χ0v) is 15.5. The summed E-state index contributed by atoms with van der Waals surface area (Å²) in [5.41, 5.74) is 0.879. The van der Waals surface area contributed by atoms with Crippen molar-refractivity contribution in [2.45, 2.75) is 38.6 Å². The highest BCUT2D eigenvalue weighted by atomic mass is 16.5. The Bertz CT molecular complexity index is 660. The smallest absolute Gasteiger partial charge is 0.306 e. The van der Waals surface area contributed by atoms with Crippen LogP contribution in [0.4, 0.5) is 0 Å². The van der Waals surface area contributed by atoms with Gasteiger partial charge < -0.3 is 19.5 Å². The van der Waals surface area contributed by atoms with E-state index in [0.717, 1.165) is 17.9 Å². The number of ether oxygens (including phenoxy) is 3. The maximum absolute atomic E-state index is 12.0. The number of amides is 1. The molecule has 0 saturated heterocycles. The number of nitrogens with one attached hydrogen (secondary N) is 1. The Morgan fingerprint density at radius 3 is 2.58 bits per heavy atom. The topological polar surface area (TPSA) is 73.9 Å². The van der Waals surface area contributed by atoms with Gasteiger partial charge in [-0.3, -0.25) is 9.59 Å². The number of methoxy groups -OCH3 is 2. The van der Waals surface area contributed by atoms with Gasteiger partial charge in [0.15, 0.2) is 18.1 Å². The third kappa shape index (κ3) is 4.48. The average molecular weight is 361 g/mol. The second kappa shape index (κ2) is 8.43. The standard InChI is InChI=1S/C20H27NO5/c1-24-17-6-4-14(9-18(17)25-2)11-21-19(22)12-26-20(23)10-16-8-13-3-5-15(16)7-13/h4,6,9,13,15-16H,3,5,7-8,10-12H2,1-2H3,(H,21,22)/t13-,15-,16+/m0/s1. The van der Waals surface area contributed by atoms with Gasteiger partial charge >= 0.3 is 5.97 Å². The Balaban J connectivity index is 1.38. The monoisotopic (exact) mass is 361 g/mol. The first-order valence-electron chi connectivity index (χ1n) is 9.22. The number of benzene rings is 1. The van der Waals surface area contributed by atoms with Crippen LogP contribution in [0, 0.1) is 17.8 Å². The van der Waals surface area contributed by atoms with Gasteiger partial charge in [0.25, 0.3) is 5.91 Å². The number of carbonyl (C=O) groups excluding carboxylic acids is 2. The summed E-state index contributed by atoms with van der Waals surface area (Å²) in [7, 11) is 3.14. The number of hydrogen-bond donors (Lipinski definition) is 1. The zero-order chi connectivity index (χ0) is 18.5. The minimum Gasteiger partial charge on any atom is -0.493 e. The molecular weight excluding hydrogens is 334 g/mol. The molecule has 2 aliphatic rings. The van der Waals surface area contributed by atoms with E-state index in [2.05, 4.69) is 5.32 Å². The predicted octanol–water partition coefficient (Wildman–Crippen LogP) is 2.69. The first-order chi connectivity index (χ1) is 12.6. The maximum Gasteiger partial charge on any atom is 0.306 e. The van der Waals surface area contributed by atoms with E-state index in [1.807, 2.05) is 6.07 Å². The summed E-state index contributed by atoms with van der Waals surface area (Å²) in [5.74, 6) is 2.63. The lowest BCUT2D eigenvalue weighted by Crippen LogP contribution is -2.29. The fourth-order valence-corrected chi connectivity index (χ4v) is 4.29. The van der Waals surface area contributed by atoms with Gasteiger partial charge in [0.2, 0.25) is 0 Å². The lowest BCUT2D eigenvalue weighted by molar-refractivity contribution is -0.149. The second-order valence-electron chi connectivity index (χ2n) is 7.27. The third-order valence-corrected chi connectivity index (χ3v) is 5.62. The van der Waals surface area contributed by atoms with Crippen LogP contribution in [0.2, 0.25) is 0 Å². The molecule has 3 rings (SSSR count). The van der Waals surface area contributed by atoms with E-state index in [0.29, 0.717) is 36.3 Å². The van der Waals surface area contributed by atoms with Crippen LogP contribution in [0.25, 0.3) is 0 Å². The van der Waals surface area contributed by atoms with Crippen LogP contribution in [0.5, 0.6) is 11.5 Å². The largest absolute Gasteiger partial charge is 0.493 e.